The van der Waals surface area contributed by atoms with Crippen LogP contribution in [0.25, 0.3) is 0 Å². The lowest BCUT2D eigenvalue weighted by molar-refractivity contribution is 0.0949. The second-order valence-corrected chi connectivity index (χ2v) is 5.27. The van der Waals surface area contributed by atoms with Crippen LogP contribution in [-0.2, 0) is 0 Å². The number of carbonyl (C=O) groups excluding carboxylic acids is 2. The Labute approximate surface area is 147 Å². The van der Waals surface area contributed by atoms with Gasteiger partial charge in [-0.1, -0.05) is 24.3 Å². The van der Waals surface area contributed by atoms with Crippen molar-refractivity contribution in [1.29, 1.82) is 0 Å². The molecule has 0 atom stereocenters. The Bertz CT molecular complexity index is 669. The number of hydrogen-bond donors (Lipinski definition) is 2. The summed E-state index contributed by atoms with van der Waals surface area (Å²) in [7, 11) is 3.05. The summed E-state index contributed by atoms with van der Waals surface area (Å²) >= 11 is 0. The molecule has 0 aliphatic rings. The molecule has 0 radical (unpaired) electrons. The van der Waals surface area contributed by atoms with Gasteiger partial charge in [0.25, 0.3) is 11.8 Å². The lowest BCUT2D eigenvalue weighted by Gasteiger charge is -2.10. The van der Waals surface area contributed by atoms with E-state index in [0.29, 0.717) is 42.1 Å². The van der Waals surface area contributed by atoms with Crippen molar-refractivity contribution in [1.82, 2.24) is 10.6 Å². The third-order valence-corrected chi connectivity index (χ3v) is 3.63. The van der Waals surface area contributed by atoms with Crippen LogP contribution in [0.5, 0.6) is 11.5 Å². The van der Waals surface area contributed by atoms with Gasteiger partial charge in [0.2, 0.25) is 0 Å². The Kier molecular flexibility index (Phi) is 6.83. The molecule has 0 saturated heterocycles. The van der Waals surface area contributed by atoms with Crippen LogP contribution in [0.1, 0.15) is 27.1 Å². The number of amides is 2. The van der Waals surface area contributed by atoms with Crippen molar-refractivity contribution in [2.45, 2.75) is 6.42 Å². The van der Waals surface area contributed by atoms with Gasteiger partial charge in [0.1, 0.15) is 11.5 Å². The molecule has 25 heavy (non-hydrogen) atoms. The van der Waals surface area contributed by atoms with Gasteiger partial charge in [-0.25, -0.2) is 0 Å². The molecule has 0 aliphatic heterocycles. The molecule has 0 unspecified atom stereocenters. The Hall–Kier alpha value is -3.02. The third kappa shape index (κ3) is 4.97. The average Bonchev–Trinajstić information content (AvgIpc) is 2.67. The van der Waals surface area contributed by atoms with Crippen molar-refractivity contribution < 1.29 is 19.1 Å². The molecule has 0 heterocycles. The maximum absolute atomic E-state index is 12.1. The first-order chi connectivity index (χ1) is 12.2. The summed E-state index contributed by atoms with van der Waals surface area (Å²) in [5.74, 6) is 0.663. The maximum Gasteiger partial charge on any atom is 0.255 e. The highest BCUT2D eigenvalue weighted by Crippen LogP contribution is 2.17. The minimum absolute atomic E-state index is 0.200. The van der Waals surface area contributed by atoms with Gasteiger partial charge in [-0.3, -0.25) is 9.59 Å². The number of benzene rings is 2. The number of nitrogens with one attached hydrogen (secondary N) is 2. The summed E-state index contributed by atoms with van der Waals surface area (Å²) < 4.78 is 10.3. The minimum atomic E-state index is -0.200. The van der Waals surface area contributed by atoms with E-state index >= 15 is 0 Å². The molecule has 6 heteroatoms. The summed E-state index contributed by atoms with van der Waals surface area (Å²) in [5, 5.41) is 5.63. The van der Waals surface area contributed by atoms with Crippen molar-refractivity contribution in [3.05, 3.63) is 59.7 Å². The van der Waals surface area contributed by atoms with Crippen LogP contribution in [0.4, 0.5) is 0 Å². The molecular formula is C19H22N2O4. The fraction of sp³-hybridized carbons (Fsp3) is 0.263. The third-order valence-electron chi connectivity index (χ3n) is 3.63. The minimum Gasteiger partial charge on any atom is -0.496 e. The summed E-state index contributed by atoms with van der Waals surface area (Å²) in [6.45, 7) is 0.895. The highest BCUT2D eigenvalue weighted by atomic mass is 16.5. The van der Waals surface area contributed by atoms with Crippen molar-refractivity contribution in [3.63, 3.8) is 0 Å². The number of carbonyl (C=O) groups is 2. The Balaban J connectivity index is 1.76. The number of ether oxygens (including phenoxy) is 2. The lowest BCUT2D eigenvalue weighted by atomic mass is 10.2. The van der Waals surface area contributed by atoms with Gasteiger partial charge >= 0.3 is 0 Å². The predicted molar refractivity (Wildman–Crippen MR) is 95.3 cm³/mol. The van der Waals surface area contributed by atoms with Crippen LogP contribution in [0, 0.1) is 0 Å². The second kappa shape index (κ2) is 9.32. The molecular weight excluding hydrogens is 320 g/mol. The lowest BCUT2D eigenvalue weighted by Crippen LogP contribution is -2.30. The molecule has 0 aromatic heterocycles. The van der Waals surface area contributed by atoms with E-state index in [-0.39, 0.29) is 11.8 Å². The highest BCUT2D eigenvalue weighted by molar-refractivity contribution is 5.97. The normalized spacial score (nSPS) is 10.0. The van der Waals surface area contributed by atoms with E-state index in [0.717, 1.165) is 0 Å². The topological polar surface area (TPSA) is 76.7 Å². The molecule has 0 saturated carbocycles. The molecule has 2 aromatic carbocycles. The smallest absolute Gasteiger partial charge is 0.255 e. The summed E-state index contributed by atoms with van der Waals surface area (Å²) in [6, 6.07) is 14.1. The molecule has 2 N–H and O–H groups in total. The van der Waals surface area contributed by atoms with Crippen LogP contribution in [0.15, 0.2) is 48.5 Å². The molecule has 132 valence electrons. The first kappa shape index (κ1) is 18.3. The fourth-order valence-electron chi connectivity index (χ4n) is 2.35. The molecule has 0 fully saturated rings. The Morgan fingerprint density at radius 2 is 1.16 bits per heavy atom. The van der Waals surface area contributed by atoms with Gasteiger partial charge in [-0.2, -0.15) is 0 Å². The largest absolute Gasteiger partial charge is 0.496 e. The van der Waals surface area contributed by atoms with Crippen LogP contribution >= 0.6 is 0 Å². The zero-order valence-corrected chi connectivity index (χ0v) is 14.4. The Morgan fingerprint density at radius 1 is 0.760 bits per heavy atom. The van der Waals surface area contributed by atoms with Gasteiger partial charge < -0.3 is 20.1 Å². The van der Waals surface area contributed by atoms with E-state index in [1.807, 2.05) is 12.1 Å². The van der Waals surface area contributed by atoms with E-state index in [2.05, 4.69) is 10.6 Å². The highest BCUT2D eigenvalue weighted by Gasteiger charge is 2.12. The zero-order valence-electron chi connectivity index (χ0n) is 14.4. The van der Waals surface area contributed by atoms with E-state index in [9.17, 15) is 9.59 Å². The van der Waals surface area contributed by atoms with E-state index in [1.165, 1.54) is 14.2 Å². The summed E-state index contributed by atoms with van der Waals surface area (Å²) in [4.78, 5) is 24.3. The van der Waals surface area contributed by atoms with Crippen molar-refractivity contribution in [2.75, 3.05) is 27.3 Å². The van der Waals surface area contributed by atoms with Gasteiger partial charge in [-0.05, 0) is 30.7 Å². The quantitative estimate of drug-likeness (QED) is 0.722. The zero-order chi connectivity index (χ0) is 18.1. The molecule has 2 rings (SSSR count). The first-order valence-electron chi connectivity index (χ1n) is 7.99. The van der Waals surface area contributed by atoms with E-state index in [4.69, 9.17) is 9.47 Å². The second-order valence-electron chi connectivity index (χ2n) is 5.27. The van der Waals surface area contributed by atoms with Crippen molar-refractivity contribution in [3.8, 4) is 11.5 Å². The number of hydrogen-bond acceptors (Lipinski definition) is 4. The first-order valence-corrected chi connectivity index (χ1v) is 7.99. The maximum atomic E-state index is 12.1. The van der Waals surface area contributed by atoms with Crippen molar-refractivity contribution >= 4 is 11.8 Å². The van der Waals surface area contributed by atoms with E-state index < -0.39 is 0 Å². The van der Waals surface area contributed by atoms with Crippen LogP contribution < -0.4 is 20.1 Å². The standard InChI is InChI=1S/C19H22N2O4/c1-24-16-10-5-3-8-14(16)18(22)20-12-7-13-21-19(23)15-9-4-6-11-17(15)25-2/h3-6,8-11H,7,12-13H2,1-2H3,(H,20,22)(H,21,23). The van der Waals surface area contributed by atoms with Gasteiger partial charge in [0, 0.05) is 13.1 Å². The molecule has 0 spiro atoms. The Morgan fingerprint density at radius 3 is 1.56 bits per heavy atom. The van der Waals surface area contributed by atoms with Gasteiger partial charge in [0.05, 0.1) is 25.3 Å². The molecule has 6 nitrogen and oxygen atoms in total. The number of methoxy groups -OCH3 is 2. The molecule has 0 aliphatic carbocycles. The van der Waals surface area contributed by atoms with E-state index in [1.54, 1.807) is 36.4 Å². The number of para-hydroxylation sites is 2. The van der Waals surface area contributed by atoms with Crippen molar-refractivity contribution in [2.24, 2.45) is 0 Å². The fourth-order valence-corrected chi connectivity index (χ4v) is 2.35. The predicted octanol–water partition coefficient (Wildman–Crippen LogP) is 2.25. The monoisotopic (exact) mass is 342 g/mol. The van der Waals surface area contributed by atoms with Crippen LogP contribution in [-0.4, -0.2) is 39.1 Å². The SMILES string of the molecule is COc1ccccc1C(=O)NCCCNC(=O)c1ccccc1OC. The molecule has 2 aromatic rings. The summed E-state index contributed by atoms with van der Waals surface area (Å²) in [5.41, 5.74) is 0.978. The van der Waals surface area contributed by atoms with Crippen LogP contribution in [0.3, 0.4) is 0 Å². The van der Waals surface area contributed by atoms with Gasteiger partial charge in [0.15, 0.2) is 0 Å². The summed E-state index contributed by atoms with van der Waals surface area (Å²) in [6.07, 6.45) is 0.613. The molecule has 2 amide bonds. The van der Waals surface area contributed by atoms with Gasteiger partial charge in [-0.15, -0.1) is 0 Å². The average molecular weight is 342 g/mol. The molecule has 0 bridgehead atoms. The van der Waals surface area contributed by atoms with Crippen LogP contribution in [0.2, 0.25) is 0 Å². The number of rotatable bonds is 8.